The molecule has 0 radical (unpaired) electrons. The van der Waals surface area contributed by atoms with Gasteiger partial charge in [0.1, 0.15) is 35.1 Å². The molecule has 274 valence electrons. The highest BCUT2D eigenvalue weighted by Crippen LogP contribution is 2.56. The number of aliphatic hydroxyl groups excluding tert-OH is 1. The highest BCUT2D eigenvalue weighted by molar-refractivity contribution is 6.36. The van der Waals surface area contributed by atoms with Gasteiger partial charge in [0.05, 0.1) is 48.3 Å². The molecule has 1 aliphatic heterocycles. The van der Waals surface area contributed by atoms with Gasteiger partial charge in [0.25, 0.3) is 0 Å². The smallest absolute Gasteiger partial charge is 0.341 e. The lowest BCUT2D eigenvalue weighted by molar-refractivity contribution is -0.108. The maximum atomic E-state index is 14.7. The van der Waals surface area contributed by atoms with Crippen LogP contribution >= 0.6 is 0 Å². The van der Waals surface area contributed by atoms with Crippen LogP contribution in [0.4, 0.5) is 0 Å². The maximum Gasteiger partial charge on any atom is 0.341 e. The molecule has 3 aliphatic carbocycles. The van der Waals surface area contributed by atoms with Crippen molar-refractivity contribution in [1.82, 2.24) is 5.32 Å². The van der Waals surface area contributed by atoms with Crippen LogP contribution in [-0.2, 0) is 31.0 Å². The van der Waals surface area contributed by atoms with Crippen molar-refractivity contribution in [3.05, 3.63) is 68.4 Å². The highest BCUT2D eigenvalue weighted by atomic mass is 16.6. The maximum absolute atomic E-state index is 14.7. The second-order valence-electron chi connectivity index (χ2n) is 12.6. The number of methoxy groups -OCH3 is 3. The second-order valence-corrected chi connectivity index (χ2v) is 12.6. The van der Waals surface area contributed by atoms with Crippen LogP contribution in [0.5, 0.6) is 11.5 Å². The molecule has 7 N–H and O–H groups in total. The molecule has 0 aromatic heterocycles. The fourth-order valence-corrected chi connectivity index (χ4v) is 7.82. The van der Waals surface area contributed by atoms with Gasteiger partial charge in [0.15, 0.2) is 11.4 Å². The SMILES string of the molecule is COC(=O)c1c(C)cc2c(c1O)[C@]1(O)C(=O)c3cc4c(c(O)c3C(=O)[C@]1(OC)/C(=N/O)C2)C(=O)C=C(N[C@H]1O[C@@H](C)[C@H](OC)/C(=N/O)[C@H]1CO)C4=O. The number of ketones is 4. The molecule has 1 heterocycles. The van der Waals surface area contributed by atoms with E-state index < -0.39 is 134 Å². The summed E-state index contributed by atoms with van der Waals surface area (Å²) in [5.74, 6) is -9.04. The molecule has 1 saturated heterocycles. The molecule has 0 bridgehead atoms. The Morgan fingerprint density at radius 3 is 2.29 bits per heavy atom. The fourth-order valence-electron chi connectivity index (χ4n) is 7.82. The number of aryl methyl sites for hydroxylation is 1. The van der Waals surface area contributed by atoms with Gasteiger partial charge in [0, 0.05) is 43.4 Å². The number of esters is 1. The lowest BCUT2D eigenvalue weighted by atomic mass is 9.57. The van der Waals surface area contributed by atoms with Crippen molar-refractivity contribution < 1.29 is 73.8 Å². The number of aromatic hydroxyl groups is 2. The highest BCUT2D eigenvalue weighted by Gasteiger charge is 2.72. The number of benzene rings is 2. The number of aliphatic hydroxyl groups is 2. The summed E-state index contributed by atoms with van der Waals surface area (Å²) >= 11 is 0. The number of fused-ring (bicyclic) bond motifs is 5. The quantitative estimate of drug-likeness (QED) is 0.120. The van der Waals surface area contributed by atoms with E-state index in [1.807, 2.05) is 0 Å². The summed E-state index contributed by atoms with van der Waals surface area (Å²) in [6.45, 7) is 2.35. The number of oxime groups is 2. The van der Waals surface area contributed by atoms with E-state index >= 15 is 0 Å². The zero-order valence-electron chi connectivity index (χ0n) is 28.2. The van der Waals surface area contributed by atoms with Gasteiger partial charge in [0.2, 0.25) is 23.0 Å². The van der Waals surface area contributed by atoms with Crippen LogP contribution in [0.25, 0.3) is 0 Å². The van der Waals surface area contributed by atoms with Gasteiger partial charge in [-0.2, -0.15) is 0 Å². The number of carbonyl (C=O) groups is 5. The number of hydrogen-bond donors (Lipinski definition) is 7. The van der Waals surface area contributed by atoms with Crippen molar-refractivity contribution in [3.63, 3.8) is 0 Å². The Labute approximate surface area is 293 Å². The van der Waals surface area contributed by atoms with E-state index in [1.165, 1.54) is 20.1 Å². The van der Waals surface area contributed by atoms with E-state index in [1.54, 1.807) is 6.92 Å². The van der Waals surface area contributed by atoms with Crippen LogP contribution < -0.4 is 5.32 Å². The normalized spacial score (nSPS) is 29.6. The number of phenols is 2. The average Bonchev–Trinajstić information content (AvgIpc) is 3.11. The molecule has 0 amide bonds. The van der Waals surface area contributed by atoms with Gasteiger partial charge in [-0.25, -0.2) is 4.79 Å². The number of allylic oxidation sites excluding steroid dienone is 2. The molecule has 52 heavy (non-hydrogen) atoms. The molecular formula is C34H33N3O15. The largest absolute Gasteiger partial charge is 0.507 e. The molecule has 0 unspecified atom stereocenters. The van der Waals surface area contributed by atoms with Gasteiger partial charge in [-0.05, 0) is 31.0 Å². The molecule has 18 heteroatoms. The van der Waals surface area contributed by atoms with Crippen LogP contribution in [0, 0.1) is 12.8 Å². The van der Waals surface area contributed by atoms with E-state index in [4.69, 9.17) is 18.9 Å². The number of ether oxygens (including phenoxy) is 4. The molecule has 6 atom stereocenters. The van der Waals surface area contributed by atoms with E-state index in [-0.39, 0.29) is 16.8 Å². The summed E-state index contributed by atoms with van der Waals surface area (Å²) in [6, 6.07) is 2.12. The Bertz CT molecular complexity index is 2090. The van der Waals surface area contributed by atoms with Gasteiger partial charge >= 0.3 is 5.97 Å². The van der Waals surface area contributed by atoms with Gasteiger partial charge in [-0.15, -0.1) is 0 Å². The number of hydrogen-bond acceptors (Lipinski definition) is 18. The number of rotatable bonds is 6. The van der Waals surface area contributed by atoms with Gasteiger partial charge < -0.3 is 55.1 Å². The minimum absolute atomic E-state index is 0.0186. The zero-order valence-corrected chi connectivity index (χ0v) is 28.2. The molecular weight excluding hydrogens is 690 g/mol. The van der Waals surface area contributed by atoms with E-state index in [2.05, 4.69) is 15.6 Å². The molecule has 6 rings (SSSR count). The fraction of sp³-hybridized carbons (Fsp3) is 0.382. The summed E-state index contributed by atoms with van der Waals surface area (Å²) in [4.78, 5) is 69.5. The Morgan fingerprint density at radius 1 is 1.02 bits per heavy atom. The number of Topliss-reactive ketones (excluding diaryl/α,β-unsaturated/α-hetero) is 3. The molecule has 2 aromatic rings. The first-order valence-electron chi connectivity index (χ1n) is 15.7. The lowest BCUT2D eigenvalue weighted by Gasteiger charge is -2.50. The van der Waals surface area contributed by atoms with Crippen LogP contribution in [0.3, 0.4) is 0 Å². The van der Waals surface area contributed by atoms with Crippen LogP contribution in [0.2, 0.25) is 0 Å². The van der Waals surface area contributed by atoms with E-state index in [0.29, 0.717) is 0 Å². The Hall–Kier alpha value is -5.53. The third-order valence-electron chi connectivity index (χ3n) is 10.2. The minimum atomic E-state index is -3.29. The predicted molar refractivity (Wildman–Crippen MR) is 172 cm³/mol. The van der Waals surface area contributed by atoms with E-state index in [9.17, 15) is 54.8 Å². The van der Waals surface area contributed by atoms with Crippen molar-refractivity contribution in [2.45, 2.75) is 49.9 Å². The summed E-state index contributed by atoms with van der Waals surface area (Å²) in [7, 11) is 3.25. The first kappa shape index (κ1) is 36.3. The zero-order chi connectivity index (χ0) is 38.2. The number of carbonyl (C=O) groups excluding carboxylic acids is 5. The number of nitrogens with one attached hydrogen (secondary N) is 1. The van der Waals surface area contributed by atoms with Crippen LogP contribution in [0.1, 0.15) is 75.4 Å². The summed E-state index contributed by atoms with van der Waals surface area (Å²) in [5.41, 5.74) is -11.3. The van der Waals surface area contributed by atoms with Gasteiger partial charge in [-0.3, -0.25) is 19.2 Å². The molecule has 1 fully saturated rings. The first-order chi connectivity index (χ1) is 24.6. The van der Waals surface area contributed by atoms with Crippen molar-refractivity contribution in [1.29, 1.82) is 0 Å². The lowest BCUT2D eigenvalue weighted by Crippen LogP contribution is -2.71. The summed E-state index contributed by atoms with van der Waals surface area (Å²) < 4.78 is 21.5. The molecule has 0 saturated carbocycles. The average molecular weight is 724 g/mol. The number of phenolic OH excluding ortho intramolecular Hbond substituents is 2. The Kier molecular flexibility index (Phi) is 8.79. The van der Waals surface area contributed by atoms with Crippen molar-refractivity contribution in [2.24, 2.45) is 16.2 Å². The third-order valence-corrected chi connectivity index (χ3v) is 10.2. The topological polar surface area (TPSA) is 280 Å². The van der Waals surface area contributed by atoms with Crippen LogP contribution in [-0.4, -0.2) is 123 Å². The summed E-state index contributed by atoms with van der Waals surface area (Å²) in [6.07, 6.45) is -2.61. The van der Waals surface area contributed by atoms with E-state index in [0.717, 1.165) is 26.4 Å². The van der Waals surface area contributed by atoms with Crippen molar-refractivity contribution in [3.8, 4) is 11.5 Å². The van der Waals surface area contributed by atoms with Crippen molar-refractivity contribution >= 4 is 40.5 Å². The molecule has 18 nitrogen and oxygen atoms in total. The standard InChI is InChI=1S/C34H33N3O15/c1-11-6-13-7-19(36-47)34(51-5)30(44)22-15(29(43)33(34,46)23(13)27(42)20(11)32(45)50-4)8-14-21(26(22)41)18(39)9-17(25(14)40)35-31-16(10-38)24(37-48)28(49-3)12(2)52-31/h6,8-9,12,16,28,31,35,38,41-42,46-48H,7,10H2,1-5H3/b36-19+,37-24+/t12-,16+,28-,31-,33-,34+/m0/s1. The summed E-state index contributed by atoms with van der Waals surface area (Å²) in [5, 5.41) is 74.5. The Balaban J connectivity index is 1.54. The van der Waals surface area contributed by atoms with Crippen LogP contribution in [0.15, 0.2) is 34.2 Å². The Morgan fingerprint density at radius 2 is 1.71 bits per heavy atom. The first-order valence-corrected chi connectivity index (χ1v) is 15.7. The monoisotopic (exact) mass is 723 g/mol. The second kappa shape index (κ2) is 12.6. The third kappa shape index (κ3) is 4.51. The molecule has 4 aliphatic rings. The molecule has 2 aromatic carbocycles. The van der Waals surface area contributed by atoms with Gasteiger partial charge in [-0.1, -0.05) is 16.4 Å². The number of nitrogens with zero attached hydrogens (tertiary/aromatic N) is 2. The van der Waals surface area contributed by atoms with Crippen molar-refractivity contribution in [2.75, 3.05) is 27.9 Å². The predicted octanol–water partition coefficient (Wildman–Crippen LogP) is 0.282. The molecule has 0 spiro atoms. The minimum Gasteiger partial charge on any atom is -0.507 e.